The summed E-state index contributed by atoms with van der Waals surface area (Å²) in [4.78, 5) is 22.9. The van der Waals surface area contributed by atoms with Crippen molar-refractivity contribution in [3.63, 3.8) is 0 Å². The van der Waals surface area contributed by atoms with Gasteiger partial charge in [-0.3, -0.25) is 9.52 Å². The Balaban J connectivity index is 1.47. The van der Waals surface area contributed by atoms with Crippen LogP contribution in [0.15, 0.2) is 30.5 Å². The van der Waals surface area contributed by atoms with Crippen LogP contribution in [-0.4, -0.2) is 59.7 Å². The zero-order valence-electron chi connectivity index (χ0n) is 21.4. The van der Waals surface area contributed by atoms with Gasteiger partial charge in [0.05, 0.1) is 29.2 Å². The summed E-state index contributed by atoms with van der Waals surface area (Å²) in [6.45, 7) is 6.88. The molecule has 1 amide bonds. The molecule has 0 aliphatic carbocycles. The summed E-state index contributed by atoms with van der Waals surface area (Å²) in [6.07, 6.45) is 8.03. The van der Waals surface area contributed by atoms with Crippen LogP contribution in [0.3, 0.4) is 0 Å². The second kappa shape index (κ2) is 10.1. The molecule has 3 aromatic rings. The van der Waals surface area contributed by atoms with Crippen LogP contribution in [0.4, 0.5) is 11.5 Å². The zero-order chi connectivity index (χ0) is 26.3. The molecule has 4 heterocycles. The topological polar surface area (TPSA) is 99.9 Å². The number of nitrogens with zero attached hydrogens (tertiary/aromatic N) is 5. The van der Waals surface area contributed by atoms with E-state index in [9.17, 15) is 13.2 Å². The minimum absolute atomic E-state index is 0.217. The molecule has 1 aromatic carbocycles. The number of hydrogen-bond donors (Lipinski definition) is 1. The lowest BCUT2D eigenvalue weighted by molar-refractivity contribution is 0.0607. The lowest BCUT2D eigenvalue weighted by Gasteiger charge is -2.35. The molecule has 2 saturated heterocycles. The van der Waals surface area contributed by atoms with Crippen LogP contribution in [-0.2, 0) is 10.0 Å². The number of carbonyl (C=O) groups excluding carboxylic acids is 1. The van der Waals surface area contributed by atoms with Gasteiger partial charge in [-0.15, -0.1) is 0 Å². The molecular weight excluding hydrogens is 512 g/mol. The van der Waals surface area contributed by atoms with E-state index in [-0.39, 0.29) is 23.2 Å². The molecule has 1 unspecified atom stereocenters. The largest absolute Gasteiger partial charge is 0.356 e. The normalized spacial score (nSPS) is 20.5. The fourth-order valence-corrected chi connectivity index (χ4v) is 6.23. The first-order valence-electron chi connectivity index (χ1n) is 12.8. The standard InChI is InChI=1S/C26H33ClN6O3S/c1-4-18-10-12-31(16-18)25-17(2)15-33-24(28-25)14-22(29-33)23-7-5-6-11-32(23)26(34)20-13-19(27)8-9-21(20)30-37(3,35)36/h8-9,13-15,18,23,30H,4-7,10-12,16H2,1-3H3/t18?,23-/m0/s1. The zero-order valence-corrected chi connectivity index (χ0v) is 23.0. The van der Waals surface area contributed by atoms with Crippen molar-refractivity contribution in [2.24, 2.45) is 5.92 Å². The first kappa shape index (κ1) is 25.8. The number of aryl methyl sites for hydroxylation is 1. The number of piperidine rings is 1. The van der Waals surface area contributed by atoms with Gasteiger partial charge in [0.2, 0.25) is 10.0 Å². The smallest absolute Gasteiger partial charge is 0.256 e. The van der Waals surface area contributed by atoms with Crippen LogP contribution in [0, 0.1) is 12.8 Å². The highest BCUT2D eigenvalue weighted by molar-refractivity contribution is 7.92. The van der Waals surface area contributed by atoms with E-state index < -0.39 is 10.0 Å². The maximum atomic E-state index is 13.8. The van der Waals surface area contributed by atoms with Gasteiger partial charge < -0.3 is 9.80 Å². The van der Waals surface area contributed by atoms with Crippen LogP contribution in [0.5, 0.6) is 0 Å². The van der Waals surface area contributed by atoms with Gasteiger partial charge in [-0.05, 0) is 56.7 Å². The SMILES string of the molecule is CCC1CCN(c2nc3cc([C@@H]4CCCCN4C(=O)c4cc(Cl)ccc4NS(C)(=O)=O)nn3cc2C)C1. The molecule has 1 N–H and O–H groups in total. The van der Waals surface area contributed by atoms with E-state index in [0.717, 1.165) is 61.3 Å². The molecule has 2 aromatic heterocycles. The first-order valence-corrected chi connectivity index (χ1v) is 15.1. The van der Waals surface area contributed by atoms with Gasteiger partial charge in [-0.2, -0.15) is 5.10 Å². The number of anilines is 2. The summed E-state index contributed by atoms with van der Waals surface area (Å²) in [5.41, 5.74) is 3.06. The second-order valence-electron chi connectivity index (χ2n) is 10.2. The van der Waals surface area contributed by atoms with E-state index in [1.54, 1.807) is 15.5 Å². The number of amides is 1. The van der Waals surface area contributed by atoms with Crippen LogP contribution in [0.25, 0.3) is 5.65 Å². The molecule has 11 heteroatoms. The van der Waals surface area contributed by atoms with Gasteiger partial charge in [-0.1, -0.05) is 24.9 Å². The Morgan fingerprint density at radius 1 is 1.19 bits per heavy atom. The molecule has 0 radical (unpaired) electrons. The number of aromatic nitrogens is 3. The molecule has 2 atom stereocenters. The number of halogens is 1. The Morgan fingerprint density at radius 2 is 2.00 bits per heavy atom. The molecule has 2 fully saturated rings. The van der Waals surface area contributed by atoms with E-state index in [1.807, 2.05) is 12.3 Å². The van der Waals surface area contributed by atoms with E-state index in [2.05, 4.69) is 23.5 Å². The highest BCUT2D eigenvalue weighted by Gasteiger charge is 2.32. The van der Waals surface area contributed by atoms with E-state index in [0.29, 0.717) is 17.5 Å². The van der Waals surface area contributed by atoms with E-state index in [4.69, 9.17) is 21.7 Å². The number of nitrogens with one attached hydrogen (secondary N) is 1. The molecule has 37 heavy (non-hydrogen) atoms. The summed E-state index contributed by atoms with van der Waals surface area (Å²) in [6, 6.07) is 6.34. The summed E-state index contributed by atoms with van der Waals surface area (Å²) in [5, 5.41) is 5.19. The minimum atomic E-state index is -3.57. The van der Waals surface area contributed by atoms with Crippen molar-refractivity contribution in [1.29, 1.82) is 0 Å². The fraction of sp³-hybridized carbons (Fsp3) is 0.500. The predicted octanol–water partition coefficient (Wildman–Crippen LogP) is 4.67. The summed E-state index contributed by atoms with van der Waals surface area (Å²) in [5.74, 6) is 1.43. The third kappa shape index (κ3) is 5.40. The Labute approximate surface area is 222 Å². The molecule has 0 bridgehead atoms. The number of hydrogen-bond acceptors (Lipinski definition) is 6. The van der Waals surface area contributed by atoms with Crippen LogP contribution in [0.2, 0.25) is 5.02 Å². The van der Waals surface area contributed by atoms with Gasteiger partial charge in [0.1, 0.15) is 5.82 Å². The lowest BCUT2D eigenvalue weighted by Crippen LogP contribution is -2.39. The monoisotopic (exact) mass is 544 g/mol. The van der Waals surface area contributed by atoms with Gasteiger partial charge >= 0.3 is 0 Å². The van der Waals surface area contributed by atoms with Gasteiger partial charge in [0.15, 0.2) is 5.65 Å². The van der Waals surface area contributed by atoms with Gasteiger partial charge in [0.25, 0.3) is 5.91 Å². The Bertz CT molecular complexity index is 1440. The molecule has 9 nitrogen and oxygen atoms in total. The minimum Gasteiger partial charge on any atom is -0.356 e. The maximum Gasteiger partial charge on any atom is 0.256 e. The van der Waals surface area contributed by atoms with Crippen LogP contribution in [0.1, 0.15) is 66.7 Å². The van der Waals surface area contributed by atoms with Crippen molar-refractivity contribution in [2.45, 2.75) is 52.0 Å². The Morgan fingerprint density at radius 3 is 2.73 bits per heavy atom. The maximum absolute atomic E-state index is 13.8. The fourth-order valence-electron chi connectivity index (χ4n) is 5.48. The molecule has 0 spiro atoms. The summed E-state index contributed by atoms with van der Waals surface area (Å²) in [7, 11) is -3.57. The average molecular weight is 545 g/mol. The Kier molecular flexibility index (Phi) is 7.06. The van der Waals surface area contributed by atoms with Crippen molar-refractivity contribution < 1.29 is 13.2 Å². The molecule has 0 saturated carbocycles. The lowest BCUT2D eigenvalue weighted by atomic mass is 9.98. The number of carbonyl (C=O) groups is 1. The van der Waals surface area contributed by atoms with Crippen LogP contribution >= 0.6 is 11.6 Å². The van der Waals surface area contributed by atoms with E-state index >= 15 is 0 Å². The van der Waals surface area contributed by atoms with E-state index in [1.165, 1.54) is 25.0 Å². The third-order valence-electron chi connectivity index (χ3n) is 7.40. The number of benzene rings is 1. The number of sulfonamides is 1. The summed E-state index contributed by atoms with van der Waals surface area (Å²) >= 11 is 6.20. The molecule has 2 aliphatic heterocycles. The third-order valence-corrected chi connectivity index (χ3v) is 8.22. The summed E-state index contributed by atoms with van der Waals surface area (Å²) < 4.78 is 28.1. The quantitative estimate of drug-likeness (QED) is 0.484. The van der Waals surface area contributed by atoms with Crippen molar-refractivity contribution in [3.05, 3.63) is 52.3 Å². The second-order valence-corrected chi connectivity index (χ2v) is 12.4. The number of likely N-dealkylation sites (tertiary alicyclic amines) is 1. The molecule has 198 valence electrons. The molecular formula is C26H33ClN6O3S. The molecule has 2 aliphatic rings. The first-order chi connectivity index (χ1) is 17.6. The predicted molar refractivity (Wildman–Crippen MR) is 146 cm³/mol. The van der Waals surface area contributed by atoms with Crippen molar-refractivity contribution >= 4 is 44.7 Å². The Hall–Kier alpha value is -2.85. The number of fused-ring (bicyclic) bond motifs is 1. The van der Waals surface area contributed by atoms with Gasteiger partial charge in [0, 0.05) is 42.5 Å². The number of rotatable bonds is 6. The van der Waals surface area contributed by atoms with Gasteiger partial charge in [-0.25, -0.2) is 17.9 Å². The van der Waals surface area contributed by atoms with Crippen molar-refractivity contribution in [1.82, 2.24) is 19.5 Å². The highest BCUT2D eigenvalue weighted by atomic mass is 35.5. The van der Waals surface area contributed by atoms with Crippen molar-refractivity contribution in [2.75, 3.05) is 35.5 Å². The van der Waals surface area contributed by atoms with Crippen molar-refractivity contribution in [3.8, 4) is 0 Å². The van der Waals surface area contributed by atoms with Crippen LogP contribution < -0.4 is 9.62 Å². The molecule has 5 rings (SSSR count). The average Bonchev–Trinajstić information content (AvgIpc) is 3.50. The highest BCUT2D eigenvalue weighted by Crippen LogP contribution is 2.35.